The van der Waals surface area contributed by atoms with Gasteiger partial charge in [-0.3, -0.25) is 14.7 Å². The highest BCUT2D eigenvalue weighted by atomic mass is 15.4. The predicted molar refractivity (Wildman–Crippen MR) is 304 cm³/mol. The van der Waals surface area contributed by atoms with Gasteiger partial charge in [0.2, 0.25) is 5.95 Å². The van der Waals surface area contributed by atoms with Gasteiger partial charge in [-0.05, 0) is 107 Å². The van der Waals surface area contributed by atoms with Gasteiger partial charge in [0.15, 0.2) is 0 Å². The molecule has 2 aliphatic rings. The summed E-state index contributed by atoms with van der Waals surface area (Å²) in [7, 11) is 0. The zero-order valence-electron chi connectivity index (χ0n) is 40.6. The molecule has 0 saturated heterocycles. The lowest BCUT2D eigenvalue weighted by molar-refractivity contribution is 0.890. The normalized spacial score (nSPS) is 14.1. The second kappa shape index (κ2) is 19.3. The van der Waals surface area contributed by atoms with Gasteiger partial charge in [-0.15, -0.1) is 0 Å². The Morgan fingerprint density at radius 2 is 1.12 bits per heavy atom. The fourth-order valence-corrected chi connectivity index (χ4v) is 11.0. The molecule has 0 amide bonds. The molecule has 13 rings (SSSR count). The van der Waals surface area contributed by atoms with E-state index in [1.807, 2.05) is 0 Å². The molecule has 0 bridgehead atoms. The molecule has 1 atom stereocenters. The Balaban J connectivity index is 0.896. The summed E-state index contributed by atoms with van der Waals surface area (Å²) in [5.41, 5.74) is 19.8. The van der Waals surface area contributed by atoms with Crippen LogP contribution in [0.5, 0.6) is 0 Å². The third-order valence-electron chi connectivity index (χ3n) is 14.6. The average Bonchev–Trinajstić information content (AvgIpc) is 3.97. The molecule has 8 aromatic carbocycles. The smallest absolute Gasteiger partial charge is 0.235 e. The summed E-state index contributed by atoms with van der Waals surface area (Å²) >= 11 is 0. The third-order valence-corrected chi connectivity index (χ3v) is 14.6. The van der Waals surface area contributed by atoms with Crippen LogP contribution in [0, 0.1) is 0 Å². The second-order valence-corrected chi connectivity index (χ2v) is 19.2. The Bertz CT molecular complexity index is 4130. The van der Waals surface area contributed by atoms with Crippen LogP contribution in [0.1, 0.15) is 48.3 Å². The zero-order chi connectivity index (χ0) is 48.5. The van der Waals surface area contributed by atoms with Gasteiger partial charge in [-0.1, -0.05) is 212 Å². The number of rotatable bonds is 12. The number of allylic oxidation sites excluding steroid dienone is 1. The van der Waals surface area contributed by atoms with Crippen molar-refractivity contribution in [1.82, 2.24) is 19.2 Å². The highest BCUT2D eigenvalue weighted by Crippen LogP contribution is 2.32. The summed E-state index contributed by atoms with van der Waals surface area (Å²) in [6, 6.07) is 78.2. The molecule has 1 unspecified atom stereocenters. The molecule has 0 fully saturated rings. The monoisotopic (exact) mass is 939 g/mol. The van der Waals surface area contributed by atoms with E-state index in [-0.39, 0.29) is 5.92 Å². The topological polar surface area (TPSA) is 47.7 Å². The van der Waals surface area contributed by atoms with Crippen molar-refractivity contribution < 1.29 is 0 Å². The van der Waals surface area contributed by atoms with Gasteiger partial charge in [0.25, 0.3) is 0 Å². The largest absolute Gasteiger partial charge is 0.293 e. The van der Waals surface area contributed by atoms with Crippen molar-refractivity contribution in [3.8, 4) is 50.7 Å². The van der Waals surface area contributed by atoms with Crippen molar-refractivity contribution in [1.29, 1.82) is 0 Å². The first kappa shape index (κ1) is 43.9. The molecule has 3 heterocycles. The van der Waals surface area contributed by atoms with Crippen LogP contribution in [0.15, 0.2) is 224 Å². The van der Waals surface area contributed by atoms with Gasteiger partial charge >= 0.3 is 0 Å². The van der Waals surface area contributed by atoms with Crippen LogP contribution in [0.4, 0.5) is 0 Å². The molecule has 2 aliphatic carbocycles. The summed E-state index contributed by atoms with van der Waals surface area (Å²) in [6.45, 7) is 0. The van der Waals surface area contributed by atoms with Gasteiger partial charge in [-0.2, -0.15) is 0 Å². The first-order chi connectivity index (χ1) is 36.2. The summed E-state index contributed by atoms with van der Waals surface area (Å²) < 4.78 is 4.62. The summed E-state index contributed by atoms with van der Waals surface area (Å²) in [5, 5.41) is 7.34. The Morgan fingerprint density at radius 3 is 1.89 bits per heavy atom. The first-order valence-corrected chi connectivity index (χ1v) is 25.6. The van der Waals surface area contributed by atoms with Crippen molar-refractivity contribution in [2.45, 2.75) is 38.0 Å². The van der Waals surface area contributed by atoms with Crippen molar-refractivity contribution in [2.75, 3.05) is 5.43 Å². The highest BCUT2D eigenvalue weighted by molar-refractivity contribution is 5.88. The molecule has 0 spiro atoms. The van der Waals surface area contributed by atoms with Crippen LogP contribution >= 0.6 is 0 Å². The minimum Gasteiger partial charge on any atom is -0.293 e. The average molecular weight is 940 g/mol. The first-order valence-electron chi connectivity index (χ1n) is 25.6. The second-order valence-electron chi connectivity index (χ2n) is 19.2. The Kier molecular flexibility index (Phi) is 11.6. The maximum absolute atomic E-state index is 5.42. The fraction of sp³-hybridized carbons (Fsp3) is 0.0882. The Morgan fingerprint density at radius 1 is 0.493 bits per heavy atom. The van der Waals surface area contributed by atoms with E-state index in [0.717, 1.165) is 87.8 Å². The van der Waals surface area contributed by atoms with E-state index in [2.05, 4.69) is 263 Å². The lowest BCUT2D eigenvalue weighted by Crippen LogP contribution is -2.36. The van der Waals surface area contributed by atoms with E-state index in [1.165, 1.54) is 54.4 Å². The Labute approximate surface area is 425 Å². The quantitative estimate of drug-likeness (QED) is 0.133. The van der Waals surface area contributed by atoms with Crippen molar-refractivity contribution in [2.24, 2.45) is 0 Å². The van der Waals surface area contributed by atoms with Crippen LogP contribution in [-0.2, 0) is 6.42 Å². The molecule has 11 aromatic rings. The fourth-order valence-electron chi connectivity index (χ4n) is 11.0. The van der Waals surface area contributed by atoms with Crippen LogP contribution in [0.25, 0.3) is 103 Å². The molecule has 3 aromatic heterocycles. The summed E-state index contributed by atoms with van der Waals surface area (Å²) in [4.78, 5) is 10.8. The van der Waals surface area contributed by atoms with Crippen LogP contribution in [-0.4, -0.2) is 19.2 Å². The van der Waals surface area contributed by atoms with Crippen molar-refractivity contribution >= 4 is 51.8 Å². The van der Waals surface area contributed by atoms with E-state index in [0.29, 0.717) is 5.95 Å². The minimum atomic E-state index is 0.187. The maximum atomic E-state index is 5.42. The van der Waals surface area contributed by atoms with E-state index >= 15 is 0 Å². The number of nitrogens with zero attached hydrogens (tertiary/aromatic N) is 4. The van der Waals surface area contributed by atoms with Crippen LogP contribution < -0.4 is 26.6 Å². The number of benzene rings is 8. The lowest BCUT2D eigenvalue weighted by atomic mass is 9.90. The minimum absolute atomic E-state index is 0.187. The summed E-state index contributed by atoms with van der Waals surface area (Å²) in [5.74, 6) is 0.863. The standard InChI is InChI=1S/C68H53N5/c1-5-20-47(21-6-1)22-17-35-61(55-31-18-29-51(42-55)48-23-7-2-8-24-48)71-73-66-37-16-14-34-58(66)60-45-54(39-41-67(60)73)53-38-40-65-59(44-53)57-33-13-15-36-64(57)72(65)68-69-62(50-27-11-4-12-28-50)46-63(70-68)56-32-19-30-52(43-56)49-25-9-3-10-26-49/h1-12,14,16,18-21,23-38,40-46,54,71H,13,15,17,22,39H2/b61-35-. The van der Waals surface area contributed by atoms with Gasteiger partial charge < -0.3 is 0 Å². The molecular weight excluding hydrogens is 887 g/mol. The van der Waals surface area contributed by atoms with Crippen molar-refractivity contribution in [3.63, 3.8) is 0 Å². The maximum Gasteiger partial charge on any atom is 0.235 e. The summed E-state index contributed by atoms with van der Waals surface area (Å²) in [6.07, 6.45) is 16.8. The Hall–Kier alpha value is -9.06. The number of hydrogen-bond donors (Lipinski definition) is 1. The number of para-hydroxylation sites is 1. The van der Waals surface area contributed by atoms with E-state index in [4.69, 9.17) is 9.97 Å². The van der Waals surface area contributed by atoms with Crippen LogP contribution in [0.3, 0.4) is 0 Å². The highest BCUT2D eigenvalue weighted by Gasteiger charge is 2.21. The van der Waals surface area contributed by atoms with E-state index in [1.54, 1.807) is 0 Å². The molecule has 350 valence electrons. The van der Waals surface area contributed by atoms with E-state index < -0.39 is 0 Å². The van der Waals surface area contributed by atoms with Gasteiger partial charge in [0.1, 0.15) is 0 Å². The number of fused-ring (bicyclic) bond motifs is 6. The van der Waals surface area contributed by atoms with Gasteiger partial charge in [0.05, 0.1) is 38.8 Å². The molecule has 5 heteroatoms. The molecule has 1 N–H and O–H groups in total. The van der Waals surface area contributed by atoms with Gasteiger partial charge in [-0.25, -0.2) is 9.97 Å². The molecule has 0 saturated carbocycles. The number of aromatic nitrogens is 4. The molecule has 5 nitrogen and oxygen atoms in total. The predicted octanol–water partition coefficient (Wildman–Crippen LogP) is 13.4. The number of aryl methyl sites for hydroxylation is 1. The zero-order valence-corrected chi connectivity index (χ0v) is 40.6. The van der Waals surface area contributed by atoms with Gasteiger partial charge in [0, 0.05) is 38.3 Å². The number of hydrogen-bond acceptors (Lipinski definition) is 3. The van der Waals surface area contributed by atoms with E-state index in [9.17, 15) is 0 Å². The molecule has 0 radical (unpaired) electrons. The third kappa shape index (κ3) is 8.59. The molecular formula is C68H53N5. The molecule has 73 heavy (non-hydrogen) atoms. The van der Waals surface area contributed by atoms with Crippen LogP contribution in [0.2, 0.25) is 0 Å². The number of nitrogens with one attached hydrogen (secondary N) is 1. The van der Waals surface area contributed by atoms with Crippen molar-refractivity contribution in [3.05, 3.63) is 262 Å². The lowest BCUT2D eigenvalue weighted by Gasteiger charge is -2.18. The SMILES string of the molecule is C1=c2c(n(N/C(=C\CCc3ccccc3)c3cccc(-c4ccccc4)c3)c3ccccc23)=CCC1c1ccc2c(c1)c1c(n2-c2nc(-c3ccccc3)cc(-c3cccc(-c4ccccc4)c3)n2)=CCCC=1. The molecule has 0 aliphatic heterocycles.